The van der Waals surface area contributed by atoms with Crippen molar-refractivity contribution in [1.82, 2.24) is 9.80 Å². The molecule has 2 aliphatic heterocycles. The number of piperazine rings is 1. The lowest BCUT2D eigenvalue weighted by molar-refractivity contribution is -0.385. The summed E-state index contributed by atoms with van der Waals surface area (Å²) in [6, 6.07) is 13.4. The highest BCUT2D eigenvalue weighted by Gasteiger charge is 2.25. The third kappa shape index (κ3) is 8.48. The molecule has 2 aliphatic rings. The summed E-state index contributed by atoms with van der Waals surface area (Å²) < 4.78 is 11.0. The van der Waals surface area contributed by atoms with Crippen LogP contribution >= 0.6 is 0 Å². The van der Waals surface area contributed by atoms with Crippen LogP contribution in [0.2, 0.25) is 0 Å². The van der Waals surface area contributed by atoms with Gasteiger partial charge in [-0.05, 0) is 49.1 Å². The van der Waals surface area contributed by atoms with E-state index in [2.05, 4.69) is 41.1 Å². The number of nitrogens with one attached hydrogen (secondary N) is 1. The Bertz CT molecular complexity index is 1090. The van der Waals surface area contributed by atoms with Gasteiger partial charge in [0.1, 0.15) is 5.75 Å². The Labute approximate surface area is 238 Å². The van der Waals surface area contributed by atoms with Gasteiger partial charge in [0.25, 0.3) is 0 Å². The molecule has 0 bridgehead atoms. The van der Waals surface area contributed by atoms with E-state index in [4.69, 9.17) is 9.47 Å². The number of ether oxygens (including phenoxy) is 2. The van der Waals surface area contributed by atoms with Gasteiger partial charge in [0.2, 0.25) is 5.91 Å². The van der Waals surface area contributed by atoms with Crippen LogP contribution in [0.4, 0.5) is 17.1 Å². The maximum atomic E-state index is 12.9. The van der Waals surface area contributed by atoms with E-state index >= 15 is 0 Å². The minimum atomic E-state index is -0.449. The average Bonchev–Trinajstić information content (AvgIpc) is 2.95. The molecular formula is C30H45N5O5. The van der Waals surface area contributed by atoms with E-state index in [0.29, 0.717) is 25.4 Å². The van der Waals surface area contributed by atoms with Gasteiger partial charge in [0.05, 0.1) is 18.6 Å². The van der Waals surface area contributed by atoms with Crippen molar-refractivity contribution in [2.75, 3.05) is 69.7 Å². The smallest absolute Gasteiger partial charge is 0.311 e. The molecule has 1 N–H and O–H groups in total. The minimum absolute atomic E-state index is 0. The number of nitro groups is 1. The molecule has 0 aromatic heterocycles. The summed E-state index contributed by atoms with van der Waals surface area (Å²) in [4.78, 5) is 30.3. The molecule has 0 spiro atoms. The minimum Gasteiger partial charge on any atom is -0.493 e. The Morgan fingerprint density at radius 3 is 2.33 bits per heavy atom. The number of hydrogen-bond acceptors (Lipinski definition) is 8. The lowest BCUT2D eigenvalue weighted by Crippen LogP contribution is -2.48. The van der Waals surface area contributed by atoms with Crippen molar-refractivity contribution >= 4 is 23.0 Å². The Hall–Kier alpha value is -3.53. The highest BCUT2D eigenvalue weighted by molar-refractivity contribution is 5.76. The van der Waals surface area contributed by atoms with Gasteiger partial charge in [-0.1, -0.05) is 21.3 Å². The number of nitro benzene ring substituents is 1. The lowest BCUT2D eigenvalue weighted by Gasteiger charge is -2.37. The summed E-state index contributed by atoms with van der Waals surface area (Å²) in [7, 11) is 1.43. The first kappa shape index (κ1) is 31.0. The van der Waals surface area contributed by atoms with Crippen molar-refractivity contribution in [2.45, 2.75) is 46.6 Å². The number of rotatable bonds is 11. The molecular weight excluding hydrogens is 510 g/mol. The van der Waals surface area contributed by atoms with Gasteiger partial charge in [-0.3, -0.25) is 19.8 Å². The summed E-state index contributed by atoms with van der Waals surface area (Å²) in [6.45, 7) is 11.0. The Balaban J connectivity index is 0.00000441. The largest absolute Gasteiger partial charge is 0.493 e. The summed E-state index contributed by atoms with van der Waals surface area (Å²) >= 11 is 0. The van der Waals surface area contributed by atoms with Gasteiger partial charge < -0.3 is 24.6 Å². The zero-order valence-corrected chi connectivity index (χ0v) is 23.3. The number of nitrogens with zero attached hydrogens (tertiary/aromatic N) is 4. The van der Waals surface area contributed by atoms with Crippen LogP contribution in [0.3, 0.4) is 0 Å². The first-order valence-electron chi connectivity index (χ1n) is 13.9. The zero-order valence-electron chi connectivity index (χ0n) is 23.3. The van der Waals surface area contributed by atoms with E-state index in [1.165, 1.54) is 18.9 Å². The predicted molar refractivity (Wildman–Crippen MR) is 160 cm³/mol. The Morgan fingerprint density at radius 1 is 1.05 bits per heavy atom. The first-order chi connectivity index (χ1) is 18.8. The van der Waals surface area contributed by atoms with Crippen LogP contribution < -0.4 is 19.7 Å². The maximum absolute atomic E-state index is 12.9. The SMILES string of the molecule is C.COc1cc(NC2CCN(C(=O)CCN3CCN(c4ccc(OCC(C)C)cc4)CC3)CC2)ccc1[N+](=O)[O-]. The number of likely N-dealkylation sites (tertiary alicyclic amines) is 1. The molecule has 4 rings (SSSR count). The topological polar surface area (TPSA) is 100 Å². The van der Waals surface area contributed by atoms with E-state index in [1.807, 2.05) is 17.0 Å². The van der Waals surface area contributed by atoms with E-state index in [-0.39, 0.29) is 30.8 Å². The molecule has 2 saturated heterocycles. The molecule has 2 heterocycles. The standard InChI is InChI=1S/C29H41N5O5.CH4/c1-22(2)21-39-26-7-5-25(6-8-26)32-18-16-31(17-19-32)13-12-29(35)33-14-10-23(11-15-33)30-24-4-9-27(34(36)37)28(20-24)38-3;/h4-9,20,22-23,30H,10-19,21H2,1-3H3;1H4. The Morgan fingerprint density at radius 2 is 1.73 bits per heavy atom. The van der Waals surface area contributed by atoms with E-state index < -0.39 is 4.92 Å². The molecule has 2 aromatic rings. The van der Waals surface area contributed by atoms with Crippen LogP contribution in [0.5, 0.6) is 11.5 Å². The molecule has 0 aliphatic carbocycles. The van der Waals surface area contributed by atoms with Gasteiger partial charge in [-0.15, -0.1) is 0 Å². The second-order valence-electron chi connectivity index (χ2n) is 10.7. The molecule has 0 radical (unpaired) electrons. The van der Waals surface area contributed by atoms with Gasteiger partial charge in [-0.25, -0.2) is 0 Å². The van der Waals surface area contributed by atoms with Crippen LogP contribution in [0.25, 0.3) is 0 Å². The molecule has 10 nitrogen and oxygen atoms in total. The number of methoxy groups -OCH3 is 1. The van der Waals surface area contributed by atoms with E-state index in [1.54, 1.807) is 12.1 Å². The normalized spacial score (nSPS) is 16.4. The van der Waals surface area contributed by atoms with Crippen molar-refractivity contribution in [3.63, 3.8) is 0 Å². The van der Waals surface area contributed by atoms with Crippen LogP contribution in [0.15, 0.2) is 42.5 Å². The highest BCUT2D eigenvalue weighted by Crippen LogP contribution is 2.30. The van der Waals surface area contributed by atoms with E-state index in [9.17, 15) is 14.9 Å². The summed E-state index contributed by atoms with van der Waals surface area (Å²) in [5, 5.41) is 14.5. The molecule has 10 heteroatoms. The first-order valence-corrected chi connectivity index (χ1v) is 13.9. The average molecular weight is 556 g/mol. The molecule has 2 aromatic carbocycles. The van der Waals surface area contributed by atoms with Crippen molar-refractivity contribution < 1.29 is 19.2 Å². The molecule has 0 unspecified atom stereocenters. The molecule has 1 amide bonds. The fourth-order valence-corrected chi connectivity index (χ4v) is 5.08. The fraction of sp³-hybridized carbons (Fsp3) is 0.567. The molecule has 40 heavy (non-hydrogen) atoms. The number of hydrogen-bond donors (Lipinski definition) is 1. The third-order valence-corrected chi connectivity index (χ3v) is 7.39. The quantitative estimate of drug-likeness (QED) is 0.309. The van der Waals surface area contributed by atoms with Gasteiger partial charge in [0.15, 0.2) is 5.75 Å². The van der Waals surface area contributed by atoms with E-state index in [0.717, 1.165) is 63.6 Å². The van der Waals surface area contributed by atoms with Crippen LogP contribution in [0, 0.1) is 16.0 Å². The number of benzene rings is 2. The number of anilines is 2. The van der Waals surface area contributed by atoms with Crippen molar-refractivity contribution in [1.29, 1.82) is 0 Å². The maximum Gasteiger partial charge on any atom is 0.311 e. The number of piperidine rings is 1. The second kappa shape index (κ2) is 14.7. The van der Waals surface area contributed by atoms with Crippen molar-refractivity contribution in [2.24, 2.45) is 5.92 Å². The van der Waals surface area contributed by atoms with Crippen molar-refractivity contribution in [3.8, 4) is 11.5 Å². The summed E-state index contributed by atoms with van der Waals surface area (Å²) in [6.07, 6.45) is 2.22. The third-order valence-electron chi connectivity index (χ3n) is 7.39. The number of carbonyl (C=O) groups excluding carboxylic acids is 1. The van der Waals surface area contributed by atoms with Crippen molar-refractivity contribution in [3.05, 3.63) is 52.6 Å². The van der Waals surface area contributed by atoms with Gasteiger partial charge in [0, 0.05) is 81.8 Å². The predicted octanol–water partition coefficient (Wildman–Crippen LogP) is 4.89. The number of amides is 1. The van der Waals surface area contributed by atoms with Crippen LogP contribution in [0.1, 0.15) is 40.5 Å². The van der Waals surface area contributed by atoms with Gasteiger partial charge in [-0.2, -0.15) is 0 Å². The Kier molecular flexibility index (Phi) is 11.4. The molecule has 0 atom stereocenters. The number of carbonyl (C=O) groups is 1. The lowest BCUT2D eigenvalue weighted by atomic mass is 10.0. The highest BCUT2D eigenvalue weighted by atomic mass is 16.6. The monoisotopic (exact) mass is 555 g/mol. The van der Waals surface area contributed by atoms with Crippen LogP contribution in [-0.4, -0.2) is 86.2 Å². The summed E-state index contributed by atoms with van der Waals surface area (Å²) in [5.74, 6) is 1.87. The molecule has 2 fully saturated rings. The second-order valence-corrected chi connectivity index (χ2v) is 10.7. The van der Waals surface area contributed by atoms with Crippen LogP contribution in [-0.2, 0) is 4.79 Å². The molecule has 220 valence electrons. The summed E-state index contributed by atoms with van der Waals surface area (Å²) in [5.41, 5.74) is 1.95. The van der Waals surface area contributed by atoms with Gasteiger partial charge >= 0.3 is 5.69 Å². The molecule has 0 saturated carbocycles. The fourth-order valence-electron chi connectivity index (χ4n) is 5.08. The zero-order chi connectivity index (χ0) is 27.8.